The van der Waals surface area contributed by atoms with Crippen LogP contribution in [-0.4, -0.2) is 43.0 Å². The largest absolute Gasteiger partial charge is 0.493 e. The number of amides is 2. The molecular formula is C25H26N2O5. The first-order chi connectivity index (χ1) is 15.6. The second-order valence-electron chi connectivity index (χ2n) is 7.66. The summed E-state index contributed by atoms with van der Waals surface area (Å²) >= 11 is 0. The van der Waals surface area contributed by atoms with Crippen molar-refractivity contribution in [2.45, 2.75) is 25.5 Å². The van der Waals surface area contributed by atoms with E-state index in [1.807, 2.05) is 30.3 Å². The van der Waals surface area contributed by atoms with Gasteiger partial charge in [-0.15, -0.1) is 0 Å². The number of ether oxygens (including phenoxy) is 2. The molecule has 0 atom stereocenters. The van der Waals surface area contributed by atoms with Gasteiger partial charge in [-0.05, 0) is 48.7 Å². The lowest BCUT2D eigenvalue weighted by atomic mass is 10.0. The first-order valence-electron chi connectivity index (χ1n) is 10.6. The highest BCUT2D eigenvalue weighted by atomic mass is 16.5. The zero-order chi connectivity index (χ0) is 22.3. The van der Waals surface area contributed by atoms with Gasteiger partial charge in [-0.25, -0.2) is 0 Å². The number of hydrogen-bond donors (Lipinski definition) is 1. The summed E-state index contributed by atoms with van der Waals surface area (Å²) in [5.41, 5.74) is 1.55. The SMILES string of the molecule is COc1cc(C(=O)NC2CCN(C(=O)c3ccco3)CC2)ccc1OCc1ccccc1. The highest BCUT2D eigenvalue weighted by Crippen LogP contribution is 2.29. The molecule has 7 heteroatoms. The molecule has 0 aliphatic carbocycles. The van der Waals surface area contributed by atoms with Crippen molar-refractivity contribution >= 4 is 11.8 Å². The first kappa shape index (κ1) is 21.5. The van der Waals surface area contributed by atoms with Crippen LogP contribution in [0, 0.1) is 0 Å². The third-order valence-corrected chi connectivity index (χ3v) is 5.51. The zero-order valence-electron chi connectivity index (χ0n) is 18.0. The van der Waals surface area contributed by atoms with Crippen LogP contribution in [0.4, 0.5) is 0 Å². The summed E-state index contributed by atoms with van der Waals surface area (Å²) < 4.78 is 16.5. The number of carbonyl (C=O) groups is 2. The van der Waals surface area contributed by atoms with Crippen molar-refractivity contribution in [3.8, 4) is 11.5 Å². The molecule has 0 unspecified atom stereocenters. The minimum Gasteiger partial charge on any atom is -0.493 e. The van der Waals surface area contributed by atoms with Gasteiger partial charge < -0.3 is 24.1 Å². The summed E-state index contributed by atoms with van der Waals surface area (Å²) in [5, 5.41) is 3.06. The summed E-state index contributed by atoms with van der Waals surface area (Å²) in [6, 6.07) is 18.4. The minimum absolute atomic E-state index is 0.00292. The fraction of sp³-hybridized carbons (Fsp3) is 0.280. The fourth-order valence-corrected chi connectivity index (χ4v) is 3.72. The number of hydrogen-bond acceptors (Lipinski definition) is 5. The second-order valence-corrected chi connectivity index (χ2v) is 7.66. The summed E-state index contributed by atoms with van der Waals surface area (Å²) in [5.74, 6) is 1.14. The lowest BCUT2D eigenvalue weighted by molar-refractivity contribution is 0.0667. The topological polar surface area (TPSA) is 81.0 Å². The van der Waals surface area contributed by atoms with E-state index in [1.54, 1.807) is 42.3 Å². The normalized spacial score (nSPS) is 14.1. The Bertz CT molecular complexity index is 1040. The number of benzene rings is 2. The Morgan fingerprint density at radius 3 is 2.50 bits per heavy atom. The number of carbonyl (C=O) groups excluding carboxylic acids is 2. The van der Waals surface area contributed by atoms with E-state index in [4.69, 9.17) is 13.9 Å². The molecule has 0 saturated carbocycles. The standard InChI is InChI=1S/C25H26N2O5/c1-30-23-16-19(9-10-21(23)32-17-18-6-3-2-4-7-18)24(28)26-20-11-13-27(14-12-20)25(29)22-8-5-15-31-22/h2-10,15-16,20H,11-14,17H2,1H3,(H,26,28). The monoisotopic (exact) mass is 434 g/mol. The van der Waals surface area contributed by atoms with E-state index >= 15 is 0 Å². The fourth-order valence-electron chi connectivity index (χ4n) is 3.72. The average molecular weight is 434 g/mol. The molecule has 2 heterocycles. The number of nitrogens with zero attached hydrogens (tertiary/aromatic N) is 1. The van der Waals surface area contributed by atoms with E-state index < -0.39 is 0 Å². The molecule has 166 valence electrons. The van der Waals surface area contributed by atoms with Crippen molar-refractivity contribution < 1.29 is 23.5 Å². The van der Waals surface area contributed by atoms with Crippen molar-refractivity contribution in [1.29, 1.82) is 0 Å². The smallest absolute Gasteiger partial charge is 0.289 e. The Morgan fingerprint density at radius 1 is 1.03 bits per heavy atom. The van der Waals surface area contributed by atoms with Crippen LogP contribution in [0.1, 0.15) is 39.3 Å². The highest BCUT2D eigenvalue weighted by molar-refractivity contribution is 5.95. The van der Waals surface area contributed by atoms with Gasteiger partial charge in [0, 0.05) is 24.7 Å². The first-order valence-corrected chi connectivity index (χ1v) is 10.6. The van der Waals surface area contributed by atoms with Gasteiger partial charge in [0.15, 0.2) is 17.3 Å². The van der Waals surface area contributed by atoms with E-state index in [9.17, 15) is 9.59 Å². The maximum Gasteiger partial charge on any atom is 0.289 e. The van der Waals surface area contributed by atoms with Gasteiger partial charge in [0.2, 0.25) is 0 Å². The maximum absolute atomic E-state index is 12.8. The van der Waals surface area contributed by atoms with Gasteiger partial charge >= 0.3 is 0 Å². The molecule has 0 spiro atoms. The van der Waals surface area contributed by atoms with E-state index in [2.05, 4.69) is 5.32 Å². The molecule has 1 N–H and O–H groups in total. The number of likely N-dealkylation sites (tertiary alicyclic amines) is 1. The third-order valence-electron chi connectivity index (χ3n) is 5.51. The van der Waals surface area contributed by atoms with Gasteiger partial charge in [-0.1, -0.05) is 30.3 Å². The Balaban J connectivity index is 1.32. The summed E-state index contributed by atoms with van der Waals surface area (Å²) in [6.45, 7) is 1.55. The van der Waals surface area contributed by atoms with Crippen LogP contribution < -0.4 is 14.8 Å². The van der Waals surface area contributed by atoms with E-state index in [0.717, 1.165) is 5.56 Å². The van der Waals surface area contributed by atoms with Crippen LogP contribution >= 0.6 is 0 Å². The van der Waals surface area contributed by atoms with Gasteiger partial charge in [0.25, 0.3) is 11.8 Å². The van der Waals surface area contributed by atoms with Crippen molar-refractivity contribution in [3.05, 3.63) is 83.8 Å². The number of piperidine rings is 1. The molecule has 3 aromatic rings. The quantitative estimate of drug-likeness (QED) is 0.610. The number of methoxy groups -OCH3 is 1. The molecule has 1 aliphatic heterocycles. The van der Waals surface area contributed by atoms with Crippen LogP contribution in [0.5, 0.6) is 11.5 Å². The van der Waals surface area contributed by atoms with E-state index in [1.165, 1.54) is 6.26 Å². The Labute approximate surface area is 186 Å². The van der Waals surface area contributed by atoms with Crippen LogP contribution in [0.25, 0.3) is 0 Å². The molecule has 1 fully saturated rings. The van der Waals surface area contributed by atoms with Gasteiger partial charge in [0.1, 0.15) is 6.61 Å². The molecule has 1 saturated heterocycles. The third kappa shape index (κ3) is 5.11. The molecule has 0 radical (unpaired) electrons. The van der Waals surface area contributed by atoms with Crippen LogP contribution in [0.2, 0.25) is 0 Å². The minimum atomic E-state index is -0.172. The highest BCUT2D eigenvalue weighted by Gasteiger charge is 2.26. The molecule has 4 rings (SSSR count). The van der Waals surface area contributed by atoms with Crippen LogP contribution in [0.3, 0.4) is 0 Å². The van der Waals surface area contributed by atoms with Crippen molar-refractivity contribution in [2.75, 3.05) is 20.2 Å². The Morgan fingerprint density at radius 2 is 1.81 bits per heavy atom. The summed E-state index contributed by atoms with van der Waals surface area (Å²) in [4.78, 5) is 26.9. The van der Waals surface area contributed by atoms with E-state index in [-0.39, 0.29) is 17.9 Å². The second kappa shape index (κ2) is 10.0. The predicted molar refractivity (Wildman–Crippen MR) is 119 cm³/mol. The zero-order valence-corrected chi connectivity index (χ0v) is 18.0. The number of rotatable bonds is 7. The molecular weight excluding hydrogens is 408 g/mol. The molecule has 1 aromatic heterocycles. The van der Waals surface area contributed by atoms with Crippen LogP contribution in [-0.2, 0) is 6.61 Å². The summed E-state index contributed by atoms with van der Waals surface area (Å²) in [7, 11) is 1.55. The number of furan rings is 1. The Hall–Kier alpha value is -3.74. The molecule has 7 nitrogen and oxygen atoms in total. The van der Waals surface area contributed by atoms with Crippen molar-refractivity contribution in [3.63, 3.8) is 0 Å². The molecule has 2 amide bonds. The van der Waals surface area contributed by atoms with Gasteiger partial charge in [0.05, 0.1) is 13.4 Å². The number of nitrogens with one attached hydrogen (secondary N) is 1. The molecule has 1 aliphatic rings. The lowest BCUT2D eigenvalue weighted by Gasteiger charge is -2.31. The van der Waals surface area contributed by atoms with Crippen molar-refractivity contribution in [1.82, 2.24) is 10.2 Å². The molecule has 32 heavy (non-hydrogen) atoms. The van der Waals surface area contributed by atoms with E-state index in [0.29, 0.717) is 55.4 Å². The predicted octanol–water partition coefficient (Wildman–Crippen LogP) is 3.90. The summed E-state index contributed by atoms with van der Waals surface area (Å²) in [6.07, 6.45) is 2.87. The maximum atomic E-state index is 12.8. The van der Waals surface area contributed by atoms with Crippen LogP contribution in [0.15, 0.2) is 71.3 Å². The molecule has 0 bridgehead atoms. The lowest BCUT2D eigenvalue weighted by Crippen LogP contribution is -2.46. The van der Waals surface area contributed by atoms with Crippen molar-refractivity contribution in [2.24, 2.45) is 0 Å². The average Bonchev–Trinajstić information content (AvgIpc) is 3.38. The van der Waals surface area contributed by atoms with Gasteiger partial charge in [-0.2, -0.15) is 0 Å². The molecule has 2 aromatic carbocycles. The van der Waals surface area contributed by atoms with Gasteiger partial charge in [-0.3, -0.25) is 9.59 Å². The Kier molecular flexibility index (Phi) is 6.75.